The number of aryl methyl sites for hydroxylation is 1. The van der Waals surface area contributed by atoms with Crippen LogP contribution in [0.2, 0.25) is 0 Å². The molecule has 2 N–H and O–H groups in total. The van der Waals surface area contributed by atoms with Crippen molar-refractivity contribution < 1.29 is 9.84 Å². The molecule has 1 aromatic carbocycles. The van der Waals surface area contributed by atoms with E-state index in [1.54, 1.807) is 0 Å². The van der Waals surface area contributed by atoms with Gasteiger partial charge in [0.1, 0.15) is 0 Å². The van der Waals surface area contributed by atoms with E-state index >= 15 is 0 Å². The van der Waals surface area contributed by atoms with E-state index in [9.17, 15) is 5.11 Å². The molecule has 0 aliphatic carbocycles. The lowest BCUT2D eigenvalue weighted by Gasteiger charge is -2.36. The number of nitrogens with one attached hydrogen (secondary N) is 1. The summed E-state index contributed by atoms with van der Waals surface area (Å²) in [6.07, 6.45) is 1.20. The number of morpholine rings is 1. The zero-order chi connectivity index (χ0) is 16.8. The molecule has 23 heavy (non-hydrogen) atoms. The predicted octanol–water partition coefficient (Wildman–Crippen LogP) is 2.37. The third kappa shape index (κ3) is 5.88. The second-order valence-corrected chi connectivity index (χ2v) is 6.85. The number of aliphatic hydroxyl groups is 1. The molecule has 4 atom stereocenters. The number of nitrogens with zero attached hydrogens (tertiary/aromatic N) is 1. The molecule has 1 heterocycles. The van der Waals surface area contributed by atoms with E-state index in [0.717, 1.165) is 19.5 Å². The van der Waals surface area contributed by atoms with Crippen LogP contribution in [-0.4, -0.2) is 54.5 Å². The van der Waals surface area contributed by atoms with E-state index in [4.69, 9.17) is 4.74 Å². The average Bonchev–Trinajstić information content (AvgIpc) is 2.51. The van der Waals surface area contributed by atoms with Crippen molar-refractivity contribution in [2.75, 3.05) is 26.2 Å². The van der Waals surface area contributed by atoms with Gasteiger partial charge in [0, 0.05) is 32.2 Å². The molecule has 0 aromatic heterocycles. The maximum Gasteiger partial charge on any atom is 0.0791 e. The first-order valence-corrected chi connectivity index (χ1v) is 8.86. The van der Waals surface area contributed by atoms with Gasteiger partial charge in [0.25, 0.3) is 0 Å². The van der Waals surface area contributed by atoms with Gasteiger partial charge < -0.3 is 15.2 Å². The topological polar surface area (TPSA) is 44.7 Å². The van der Waals surface area contributed by atoms with Gasteiger partial charge in [0.05, 0.1) is 18.3 Å². The van der Waals surface area contributed by atoms with Crippen molar-refractivity contribution in [2.24, 2.45) is 0 Å². The monoisotopic (exact) mass is 320 g/mol. The molecular formula is C19H32N2O2. The normalized spacial score (nSPS) is 25.3. The lowest BCUT2D eigenvalue weighted by Crippen LogP contribution is -2.49. The molecule has 4 unspecified atom stereocenters. The number of ether oxygens (including phenoxy) is 1. The van der Waals surface area contributed by atoms with Crippen LogP contribution in [0.25, 0.3) is 0 Å². The SMILES string of the molecule is CCc1ccc(C(C)NCC(O)CN2CC(C)OC(C)C2)cc1. The molecule has 0 bridgehead atoms. The van der Waals surface area contributed by atoms with Gasteiger partial charge in [-0.25, -0.2) is 0 Å². The zero-order valence-electron chi connectivity index (χ0n) is 15.0. The summed E-state index contributed by atoms with van der Waals surface area (Å²) in [5, 5.41) is 13.7. The third-order valence-corrected chi connectivity index (χ3v) is 4.51. The quantitative estimate of drug-likeness (QED) is 0.809. The molecule has 0 saturated carbocycles. The van der Waals surface area contributed by atoms with Crippen LogP contribution >= 0.6 is 0 Å². The van der Waals surface area contributed by atoms with Crippen LogP contribution in [0.5, 0.6) is 0 Å². The standard InChI is InChI=1S/C19H32N2O2/c1-5-17-6-8-18(9-7-17)16(4)20-10-19(22)13-21-11-14(2)23-15(3)12-21/h6-9,14-16,19-20,22H,5,10-13H2,1-4H3. The number of rotatable bonds is 7. The van der Waals surface area contributed by atoms with Gasteiger partial charge >= 0.3 is 0 Å². The van der Waals surface area contributed by atoms with E-state index < -0.39 is 0 Å². The second kappa shape index (κ2) is 8.78. The van der Waals surface area contributed by atoms with Gasteiger partial charge in [-0.05, 0) is 38.3 Å². The summed E-state index contributed by atoms with van der Waals surface area (Å²) in [6, 6.07) is 8.96. The zero-order valence-corrected chi connectivity index (χ0v) is 15.0. The molecule has 4 heteroatoms. The largest absolute Gasteiger partial charge is 0.390 e. The second-order valence-electron chi connectivity index (χ2n) is 6.85. The first kappa shape index (κ1) is 18.4. The number of hydrogen-bond donors (Lipinski definition) is 2. The van der Waals surface area contributed by atoms with Crippen molar-refractivity contribution in [1.82, 2.24) is 10.2 Å². The summed E-state index contributed by atoms with van der Waals surface area (Å²) in [7, 11) is 0. The first-order valence-electron chi connectivity index (χ1n) is 8.86. The Balaban J connectivity index is 1.75. The minimum absolute atomic E-state index is 0.245. The van der Waals surface area contributed by atoms with Gasteiger partial charge in [0.2, 0.25) is 0 Å². The van der Waals surface area contributed by atoms with Crippen LogP contribution < -0.4 is 5.32 Å². The number of hydrogen-bond acceptors (Lipinski definition) is 4. The number of β-amino-alcohol motifs (C(OH)–C–C–N with tert-alkyl or cyclic N) is 1. The Hall–Kier alpha value is -0.940. The van der Waals surface area contributed by atoms with Crippen LogP contribution in [0.4, 0.5) is 0 Å². The predicted molar refractivity (Wildman–Crippen MR) is 94.7 cm³/mol. The fraction of sp³-hybridized carbons (Fsp3) is 0.684. The molecule has 0 radical (unpaired) electrons. The molecule has 0 amide bonds. The molecule has 0 spiro atoms. The third-order valence-electron chi connectivity index (χ3n) is 4.51. The summed E-state index contributed by atoms with van der Waals surface area (Å²) in [6.45, 7) is 11.6. The van der Waals surface area contributed by atoms with Crippen molar-refractivity contribution >= 4 is 0 Å². The van der Waals surface area contributed by atoms with E-state index in [1.165, 1.54) is 11.1 Å². The Bertz CT molecular complexity index is 453. The molecule has 1 fully saturated rings. The molecular weight excluding hydrogens is 288 g/mol. The Morgan fingerprint density at radius 3 is 2.39 bits per heavy atom. The van der Waals surface area contributed by atoms with Crippen LogP contribution in [0.15, 0.2) is 24.3 Å². The molecule has 1 aliphatic rings. The summed E-state index contributed by atoms with van der Waals surface area (Å²) in [4.78, 5) is 2.30. The maximum atomic E-state index is 10.3. The smallest absolute Gasteiger partial charge is 0.0791 e. The molecule has 4 nitrogen and oxygen atoms in total. The van der Waals surface area contributed by atoms with Crippen molar-refractivity contribution in [3.05, 3.63) is 35.4 Å². The van der Waals surface area contributed by atoms with Crippen LogP contribution in [0.3, 0.4) is 0 Å². The van der Waals surface area contributed by atoms with Gasteiger partial charge in [-0.1, -0.05) is 31.2 Å². The average molecular weight is 320 g/mol. The Kier molecular flexibility index (Phi) is 7.03. The highest BCUT2D eigenvalue weighted by Gasteiger charge is 2.23. The van der Waals surface area contributed by atoms with E-state index in [1.807, 2.05) is 0 Å². The minimum Gasteiger partial charge on any atom is -0.390 e. The van der Waals surface area contributed by atoms with Gasteiger partial charge in [-0.3, -0.25) is 4.90 Å². The molecule has 2 rings (SSSR count). The molecule has 1 aliphatic heterocycles. The highest BCUT2D eigenvalue weighted by molar-refractivity contribution is 5.24. The first-order chi connectivity index (χ1) is 11.0. The van der Waals surface area contributed by atoms with Crippen molar-refractivity contribution in [1.29, 1.82) is 0 Å². The number of aliphatic hydroxyl groups excluding tert-OH is 1. The lowest BCUT2D eigenvalue weighted by atomic mass is 10.0. The van der Waals surface area contributed by atoms with Crippen LogP contribution in [-0.2, 0) is 11.2 Å². The Morgan fingerprint density at radius 1 is 1.22 bits per heavy atom. The summed E-state index contributed by atoms with van der Waals surface area (Å²) in [5.74, 6) is 0. The van der Waals surface area contributed by atoms with Crippen LogP contribution in [0.1, 0.15) is 44.9 Å². The highest BCUT2D eigenvalue weighted by atomic mass is 16.5. The summed E-state index contributed by atoms with van der Waals surface area (Å²) < 4.78 is 5.73. The van der Waals surface area contributed by atoms with E-state index in [-0.39, 0.29) is 24.4 Å². The Morgan fingerprint density at radius 2 is 1.83 bits per heavy atom. The lowest BCUT2D eigenvalue weighted by molar-refractivity contribution is -0.0762. The molecule has 1 aromatic rings. The fourth-order valence-corrected chi connectivity index (χ4v) is 3.27. The van der Waals surface area contributed by atoms with Crippen molar-refractivity contribution in [2.45, 2.75) is 58.5 Å². The summed E-state index contributed by atoms with van der Waals surface area (Å²) >= 11 is 0. The van der Waals surface area contributed by atoms with Crippen molar-refractivity contribution in [3.8, 4) is 0 Å². The van der Waals surface area contributed by atoms with Gasteiger partial charge in [-0.2, -0.15) is 0 Å². The molecule has 130 valence electrons. The van der Waals surface area contributed by atoms with Crippen LogP contribution in [0, 0.1) is 0 Å². The van der Waals surface area contributed by atoms with Gasteiger partial charge in [0.15, 0.2) is 0 Å². The van der Waals surface area contributed by atoms with Crippen molar-refractivity contribution in [3.63, 3.8) is 0 Å². The van der Waals surface area contributed by atoms with E-state index in [0.29, 0.717) is 13.1 Å². The molecule has 1 saturated heterocycles. The summed E-state index contributed by atoms with van der Waals surface area (Å²) in [5.41, 5.74) is 2.62. The highest BCUT2D eigenvalue weighted by Crippen LogP contribution is 2.14. The maximum absolute atomic E-state index is 10.3. The Labute approximate surface area is 140 Å². The van der Waals surface area contributed by atoms with Gasteiger partial charge in [-0.15, -0.1) is 0 Å². The van der Waals surface area contributed by atoms with E-state index in [2.05, 4.69) is 62.2 Å². The number of benzene rings is 1. The minimum atomic E-state index is -0.357. The fourth-order valence-electron chi connectivity index (χ4n) is 3.27.